The summed E-state index contributed by atoms with van der Waals surface area (Å²) in [5.41, 5.74) is 5.62. The van der Waals surface area contributed by atoms with Gasteiger partial charge in [0.15, 0.2) is 0 Å². The van der Waals surface area contributed by atoms with E-state index in [9.17, 15) is 4.79 Å². The molecule has 0 saturated heterocycles. The smallest absolute Gasteiger partial charge is 0.225 e. The number of amides is 1. The van der Waals surface area contributed by atoms with Crippen LogP contribution in [-0.2, 0) is 4.79 Å². The van der Waals surface area contributed by atoms with Crippen LogP contribution in [0.3, 0.4) is 0 Å². The van der Waals surface area contributed by atoms with Crippen molar-refractivity contribution < 1.29 is 4.79 Å². The quantitative estimate of drug-likeness (QED) is 0.779. The minimum absolute atomic E-state index is 0.290. The molecule has 0 bridgehead atoms. The van der Waals surface area contributed by atoms with Crippen LogP contribution in [0.25, 0.3) is 0 Å². The molecule has 0 aromatic carbocycles. The van der Waals surface area contributed by atoms with E-state index in [0.717, 1.165) is 25.9 Å². The Kier molecular flexibility index (Phi) is 5.81. The molecule has 0 aliphatic heterocycles. The fraction of sp³-hybridized carbons (Fsp3) is 0.923. The fourth-order valence-corrected chi connectivity index (χ4v) is 2.43. The van der Waals surface area contributed by atoms with Gasteiger partial charge in [0.25, 0.3) is 0 Å². The van der Waals surface area contributed by atoms with Crippen LogP contribution in [0.4, 0.5) is 0 Å². The first-order valence-electron chi connectivity index (χ1n) is 6.67. The van der Waals surface area contributed by atoms with Gasteiger partial charge in [-0.05, 0) is 32.2 Å². The van der Waals surface area contributed by atoms with Crippen molar-refractivity contribution in [2.75, 3.05) is 19.6 Å². The number of nitrogens with two attached hydrogens (primary N) is 1. The number of nitrogens with zero attached hydrogens (tertiary/aromatic N) is 1. The molecular weight excluding hydrogens is 200 g/mol. The van der Waals surface area contributed by atoms with Crippen molar-refractivity contribution >= 4 is 5.91 Å². The SMILES string of the molecule is CCN(CC(C)CN)C(=O)C1CCCCC1. The summed E-state index contributed by atoms with van der Waals surface area (Å²) in [6.07, 6.45) is 5.93. The number of carbonyl (C=O) groups excluding carboxylic acids is 1. The second-order valence-electron chi connectivity index (χ2n) is 5.05. The third-order valence-corrected chi connectivity index (χ3v) is 3.58. The van der Waals surface area contributed by atoms with Gasteiger partial charge < -0.3 is 10.6 Å². The molecule has 0 aromatic heterocycles. The van der Waals surface area contributed by atoms with Crippen molar-refractivity contribution in [3.05, 3.63) is 0 Å². The normalized spacial score (nSPS) is 19.4. The monoisotopic (exact) mass is 226 g/mol. The summed E-state index contributed by atoms with van der Waals surface area (Å²) in [4.78, 5) is 14.3. The van der Waals surface area contributed by atoms with Gasteiger partial charge >= 0.3 is 0 Å². The van der Waals surface area contributed by atoms with Gasteiger partial charge in [0, 0.05) is 19.0 Å². The van der Waals surface area contributed by atoms with Crippen LogP contribution in [0.1, 0.15) is 46.0 Å². The van der Waals surface area contributed by atoms with Gasteiger partial charge in [-0.25, -0.2) is 0 Å². The maximum Gasteiger partial charge on any atom is 0.225 e. The molecule has 0 spiro atoms. The second-order valence-corrected chi connectivity index (χ2v) is 5.05. The molecule has 1 aliphatic rings. The lowest BCUT2D eigenvalue weighted by molar-refractivity contribution is -0.136. The Hall–Kier alpha value is -0.570. The zero-order valence-corrected chi connectivity index (χ0v) is 10.7. The molecule has 1 atom stereocenters. The van der Waals surface area contributed by atoms with Crippen LogP contribution in [0.15, 0.2) is 0 Å². The average molecular weight is 226 g/mol. The van der Waals surface area contributed by atoms with E-state index in [0.29, 0.717) is 24.3 Å². The molecule has 94 valence electrons. The van der Waals surface area contributed by atoms with Crippen LogP contribution >= 0.6 is 0 Å². The Labute approximate surface area is 99.4 Å². The molecule has 1 aliphatic carbocycles. The van der Waals surface area contributed by atoms with E-state index in [1.807, 2.05) is 4.90 Å². The van der Waals surface area contributed by atoms with Crippen molar-refractivity contribution in [1.82, 2.24) is 4.90 Å². The number of hydrogen-bond acceptors (Lipinski definition) is 2. The summed E-state index contributed by atoms with van der Waals surface area (Å²) in [6.45, 7) is 6.47. The van der Waals surface area contributed by atoms with Crippen LogP contribution in [-0.4, -0.2) is 30.4 Å². The highest BCUT2D eigenvalue weighted by atomic mass is 16.2. The summed E-state index contributed by atoms with van der Waals surface area (Å²) >= 11 is 0. The Morgan fingerprint density at radius 2 is 2.00 bits per heavy atom. The van der Waals surface area contributed by atoms with E-state index in [4.69, 9.17) is 5.73 Å². The van der Waals surface area contributed by atoms with Crippen molar-refractivity contribution in [1.29, 1.82) is 0 Å². The molecule has 0 heterocycles. The Morgan fingerprint density at radius 1 is 1.38 bits per heavy atom. The second kappa shape index (κ2) is 6.89. The van der Waals surface area contributed by atoms with E-state index in [-0.39, 0.29) is 0 Å². The van der Waals surface area contributed by atoms with Gasteiger partial charge in [0.05, 0.1) is 0 Å². The van der Waals surface area contributed by atoms with E-state index in [1.54, 1.807) is 0 Å². The molecule has 1 unspecified atom stereocenters. The van der Waals surface area contributed by atoms with Gasteiger partial charge in [0.1, 0.15) is 0 Å². The summed E-state index contributed by atoms with van der Waals surface area (Å²) in [7, 11) is 0. The van der Waals surface area contributed by atoms with E-state index in [1.165, 1.54) is 19.3 Å². The summed E-state index contributed by atoms with van der Waals surface area (Å²) in [5, 5.41) is 0. The lowest BCUT2D eigenvalue weighted by Gasteiger charge is -2.30. The predicted molar refractivity (Wildman–Crippen MR) is 67.0 cm³/mol. The Morgan fingerprint density at radius 3 is 2.50 bits per heavy atom. The average Bonchev–Trinajstić information content (AvgIpc) is 2.35. The molecule has 1 rings (SSSR count). The first kappa shape index (κ1) is 13.5. The highest BCUT2D eigenvalue weighted by Crippen LogP contribution is 2.25. The minimum atomic E-state index is 0.290. The third-order valence-electron chi connectivity index (χ3n) is 3.58. The molecular formula is C13H26N2O. The molecule has 3 nitrogen and oxygen atoms in total. The Balaban J connectivity index is 2.47. The summed E-state index contributed by atoms with van der Waals surface area (Å²) in [6, 6.07) is 0. The van der Waals surface area contributed by atoms with Crippen LogP contribution < -0.4 is 5.73 Å². The van der Waals surface area contributed by atoms with Crippen LogP contribution in [0.5, 0.6) is 0 Å². The zero-order chi connectivity index (χ0) is 12.0. The highest BCUT2D eigenvalue weighted by Gasteiger charge is 2.25. The number of hydrogen-bond donors (Lipinski definition) is 1. The van der Waals surface area contributed by atoms with E-state index >= 15 is 0 Å². The predicted octanol–water partition coefficient (Wildman–Crippen LogP) is 2.01. The van der Waals surface area contributed by atoms with Crippen molar-refractivity contribution in [2.45, 2.75) is 46.0 Å². The maximum absolute atomic E-state index is 12.3. The first-order valence-corrected chi connectivity index (χ1v) is 6.67. The van der Waals surface area contributed by atoms with Crippen molar-refractivity contribution in [3.63, 3.8) is 0 Å². The Bertz CT molecular complexity index is 212. The maximum atomic E-state index is 12.3. The van der Waals surface area contributed by atoms with Gasteiger partial charge in [0.2, 0.25) is 5.91 Å². The molecule has 16 heavy (non-hydrogen) atoms. The standard InChI is InChI=1S/C13H26N2O/c1-3-15(10-11(2)9-14)13(16)12-7-5-4-6-8-12/h11-12H,3-10,14H2,1-2H3. The van der Waals surface area contributed by atoms with Crippen molar-refractivity contribution in [3.8, 4) is 0 Å². The molecule has 1 amide bonds. The number of carbonyl (C=O) groups is 1. The first-order chi connectivity index (χ1) is 7.69. The van der Waals surface area contributed by atoms with Gasteiger partial charge in [-0.1, -0.05) is 26.2 Å². The van der Waals surface area contributed by atoms with Gasteiger partial charge in [-0.2, -0.15) is 0 Å². The lowest BCUT2D eigenvalue weighted by atomic mass is 9.88. The van der Waals surface area contributed by atoms with Crippen LogP contribution in [0.2, 0.25) is 0 Å². The third kappa shape index (κ3) is 3.78. The lowest BCUT2D eigenvalue weighted by Crippen LogP contribution is -2.40. The molecule has 1 fully saturated rings. The molecule has 3 heteroatoms. The number of rotatable bonds is 5. The molecule has 1 saturated carbocycles. The van der Waals surface area contributed by atoms with Crippen LogP contribution in [0, 0.1) is 11.8 Å². The highest BCUT2D eigenvalue weighted by molar-refractivity contribution is 5.78. The van der Waals surface area contributed by atoms with E-state index < -0.39 is 0 Å². The largest absolute Gasteiger partial charge is 0.342 e. The minimum Gasteiger partial charge on any atom is -0.342 e. The van der Waals surface area contributed by atoms with Crippen molar-refractivity contribution in [2.24, 2.45) is 17.6 Å². The summed E-state index contributed by atoms with van der Waals surface area (Å²) in [5.74, 6) is 1.06. The van der Waals surface area contributed by atoms with E-state index in [2.05, 4.69) is 13.8 Å². The molecule has 0 aromatic rings. The van der Waals surface area contributed by atoms with Gasteiger partial charge in [-0.3, -0.25) is 4.79 Å². The summed E-state index contributed by atoms with van der Waals surface area (Å²) < 4.78 is 0. The molecule has 2 N–H and O–H groups in total. The molecule has 0 radical (unpaired) electrons. The van der Waals surface area contributed by atoms with Gasteiger partial charge in [-0.15, -0.1) is 0 Å². The zero-order valence-electron chi connectivity index (χ0n) is 10.7. The topological polar surface area (TPSA) is 46.3 Å². The fourth-order valence-electron chi connectivity index (χ4n) is 2.43.